The molecule has 0 aromatic rings. The molecule has 0 amide bonds. The third-order valence-electron chi connectivity index (χ3n) is 14.2. The Morgan fingerprint density at radius 3 is 0.433 bits per heavy atom. The molecule has 60 heavy (non-hydrogen) atoms. The van der Waals surface area contributed by atoms with Crippen LogP contribution in [0.4, 0.5) is 0 Å². The molecule has 0 saturated heterocycles. The fourth-order valence-electron chi connectivity index (χ4n) is 9.88. The van der Waals surface area contributed by atoms with E-state index in [2.05, 4.69) is 6.92 Å². The first kappa shape index (κ1) is 57.8. The SMILES string of the molecule is [2H]C=CCCCCCCCCCCCCCCCCCCCCCCCCCCCCCCCCCCCCCCCCCCCCCCCCCCCCCCCCCC. The standard InChI is InChI=1S/C60H120/c1-3-5-7-9-11-13-15-17-19-21-23-25-27-29-31-33-35-37-39-41-43-45-47-49-51-53-55-57-59-60-58-56-54-52-50-48-46-44-42-40-38-36-34-32-30-28-26-24-22-20-18-16-14-12-10-8-6-4-2/h3H,1,4-60H2,2H3/i1D. The Kier molecular flexibility index (Phi) is 56.5. The number of hydrogen-bond acceptors (Lipinski definition) is 0. The molecule has 0 rings (SSSR count). The molecule has 0 bridgehead atoms. The highest BCUT2D eigenvalue weighted by molar-refractivity contribution is 4.65. The highest BCUT2D eigenvalue weighted by Gasteiger charge is 2.00. The maximum Gasteiger partial charge on any atom is 0.0534 e. The molecule has 0 aromatic carbocycles. The topological polar surface area (TPSA) is 0 Å². The molecule has 0 fully saturated rings. The molecule has 0 aliphatic carbocycles. The summed E-state index contributed by atoms with van der Waals surface area (Å²) < 4.78 is 7.02. The molecular formula is C60H120. The summed E-state index contributed by atoms with van der Waals surface area (Å²) >= 11 is 0. The highest BCUT2D eigenvalue weighted by Crippen LogP contribution is 2.19. The number of unbranched alkanes of at least 4 members (excludes halogenated alkanes) is 56. The van der Waals surface area contributed by atoms with E-state index < -0.39 is 0 Å². The molecule has 0 spiro atoms. The van der Waals surface area contributed by atoms with Crippen molar-refractivity contribution in [3.05, 3.63) is 12.6 Å². The molecule has 0 unspecified atom stereocenters. The van der Waals surface area contributed by atoms with Crippen molar-refractivity contribution in [3.8, 4) is 0 Å². The van der Waals surface area contributed by atoms with Crippen LogP contribution in [0.25, 0.3) is 0 Å². The first-order valence-corrected chi connectivity index (χ1v) is 29.4. The van der Waals surface area contributed by atoms with E-state index in [0.717, 1.165) is 6.42 Å². The van der Waals surface area contributed by atoms with Crippen LogP contribution >= 0.6 is 0 Å². The molecule has 360 valence electrons. The minimum atomic E-state index is 1.10. The van der Waals surface area contributed by atoms with Gasteiger partial charge in [-0.3, -0.25) is 0 Å². The third-order valence-corrected chi connectivity index (χ3v) is 14.2. The van der Waals surface area contributed by atoms with Crippen molar-refractivity contribution >= 4 is 0 Å². The molecular weight excluding hydrogens is 721 g/mol. The second-order valence-electron chi connectivity index (χ2n) is 20.5. The smallest absolute Gasteiger partial charge is 0.0534 e. The fourth-order valence-corrected chi connectivity index (χ4v) is 9.88. The first-order valence-electron chi connectivity index (χ1n) is 30.0. The van der Waals surface area contributed by atoms with Crippen LogP contribution in [0.1, 0.15) is 374 Å². The second-order valence-corrected chi connectivity index (χ2v) is 20.5. The van der Waals surface area contributed by atoms with Crippen molar-refractivity contribution in [1.29, 1.82) is 0 Å². The van der Waals surface area contributed by atoms with Crippen molar-refractivity contribution < 1.29 is 1.37 Å². The van der Waals surface area contributed by atoms with E-state index >= 15 is 0 Å². The molecule has 0 aliphatic rings. The summed E-state index contributed by atoms with van der Waals surface area (Å²) in [7, 11) is 0. The Labute approximate surface area is 385 Å². The summed E-state index contributed by atoms with van der Waals surface area (Å²) in [5, 5.41) is 0. The van der Waals surface area contributed by atoms with Crippen LogP contribution in [0, 0.1) is 0 Å². The lowest BCUT2D eigenvalue weighted by Gasteiger charge is -2.05. The number of allylic oxidation sites excluding steroid dienone is 1. The molecule has 0 atom stereocenters. The van der Waals surface area contributed by atoms with Gasteiger partial charge in [0.1, 0.15) is 0 Å². The summed E-state index contributed by atoms with van der Waals surface area (Å²) in [5.74, 6) is 0. The average Bonchev–Trinajstić information content (AvgIpc) is 3.27. The summed E-state index contributed by atoms with van der Waals surface area (Å²) in [6.45, 7) is 3.75. The Hall–Kier alpha value is -0.260. The highest BCUT2D eigenvalue weighted by atomic mass is 14.1. The van der Waals surface area contributed by atoms with Gasteiger partial charge in [-0.25, -0.2) is 0 Å². The van der Waals surface area contributed by atoms with E-state index in [1.807, 2.05) is 6.08 Å². The van der Waals surface area contributed by atoms with Crippen molar-refractivity contribution in [3.63, 3.8) is 0 Å². The quantitative estimate of drug-likeness (QED) is 0.0423. The molecule has 0 aromatic heterocycles. The van der Waals surface area contributed by atoms with Gasteiger partial charge in [-0.1, -0.05) is 366 Å². The minimum absolute atomic E-state index is 1.10. The Morgan fingerprint density at radius 2 is 0.317 bits per heavy atom. The Morgan fingerprint density at radius 1 is 0.200 bits per heavy atom. The van der Waals surface area contributed by atoms with E-state index in [0.29, 0.717) is 0 Å². The first-order chi connectivity index (χ1) is 30.4. The van der Waals surface area contributed by atoms with Gasteiger partial charge in [0.15, 0.2) is 0 Å². The van der Waals surface area contributed by atoms with Gasteiger partial charge >= 0.3 is 0 Å². The second kappa shape index (κ2) is 58.7. The zero-order valence-corrected chi connectivity index (χ0v) is 42.5. The van der Waals surface area contributed by atoms with E-state index in [9.17, 15) is 0 Å². The van der Waals surface area contributed by atoms with Crippen molar-refractivity contribution in [2.24, 2.45) is 0 Å². The monoisotopic (exact) mass is 842 g/mol. The van der Waals surface area contributed by atoms with Gasteiger partial charge in [-0.2, -0.15) is 0 Å². The van der Waals surface area contributed by atoms with Crippen LogP contribution in [0.5, 0.6) is 0 Å². The average molecular weight is 843 g/mol. The van der Waals surface area contributed by atoms with Crippen molar-refractivity contribution in [2.75, 3.05) is 0 Å². The Bertz CT molecular complexity index is 742. The summed E-state index contributed by atoms with van der Waals surface area (Å²) in [5.41, 5.74) is 0. The van der Waals surface area contributed by atoms with Gasteiger partial charge in [-0.15, -0.1) is 6.55 Å². The molecule has 0 N–H and O–H groups in total. The lowest BCUT2D eigenvalue weighted by molar-refractivity contribution is 0.507. The van der Waals surface area contributed by atoms with E-state index in [-0.39, 0.29) is 0 Å². The lowest BCUT2D eigenvalue weighted by Crippen LogP contribution is -1.85. The summed E-state index contributed by atoms with van der Waals surface area (Å²) in [6.07, 6.45) is 85.7. The Balaban J connectivity index is 3.06. The zero-order chi connectivity index (χ0) is 43.7. The predicted octanol–water partition coefficient (Wildman–Crippen LogP) is 23.4. The molecule has 0 heterocycles. The van der Waals surface area contributed by atoms with Gasteiger partial charge in [0.2, 0.25) is 0 Å². The molecule has 0 nitrogen and oxygen atoms in total. The molecule has 0 heteroatoms. The van der Waals surface area contributed by atoms with Gasteiger partial charge < -0.3 is 0 Å². The largest absolute Gasteiger partial charge is 0.103 e. The van der Waals surface area contributed by atoms with Gasteiger partial charge in [-0.05, 0) is 12.8 Å². The molecule has 0 saturated carbocycles. The van der Waals surface area contributed by atoms with Crippen molar-refractivity contribution in [1.82, 2.24) is 0 Å². The van der Waals surface area contributed by atoms with Gasteiger partial charge in [0.25, 0.3) is 0 Å². The van der Waals surface area contributed by atoms with Gasteiger partial charge in [0.05, 0.1) is 1.37 Å². The minimum Gasteiger partial charge on any atom is -0.103 e. The van der Waals surface area contributed by atoms with E-state index in [1.165, 1.54) is 366 Å². The van der Waals surface area contributed by atoms with Crippen LogP contribution in [0.3, 0.4) is 0 Å². The molecule has 0 aliphatic heterocycles. The maximum absolute atomic E-state index is 7.02. The molecule has 0 radical (unpaired) electrons. The summed E-state index contributed by atoms with van der Waals surface area (Å²) in [4.78, 5) is 0. The zero-order valence-electron chi connectivity index (χ0n) is 43.5. The van der Waals surface area contributed by atoms with E-state index in [1.54, 1.807) is 0 Å². The lowest BCUT2D eigenvalue weighted by atomic mass is 10.0. The number of hydrogen-bond donors (Lipinski definition) is 0. The van der Waals surface area contributed by atoms with Crippen molar-refractivity contribution in [2.45, 2.75) is 373 Å². The van der Waals surface area contributed by atoms with Crippen LogP contribution in [-0.2, 0) is 0 Å². The predicted molar refractivity (Wildman–Crippen MR) is 279 cm³/mol. The summed E-state index contributed by atoms with van der Waals surface area (Å²) in [6, 6.07) is 0. The number of rotatable bonds is 57. The van der Waals surface area contributed by atoms with Crippen LogP contribution < -0.4 is 0 Å². The normalized spacial score (nSPS) is 12.1. The third kappa shape index (κ3) is 57.7. The maximum atomic E-state index is 7.02. The van der Waals surface area contributed by atoms with Crippen LogP contribution in [0.15, 0.2) is 12.6 Å². The van der Waals surface area contributed by atoms with Gasteiger partial charge in [0, 0.05) is 0 Å². The van der Waals surface area contributed by atoms with E-state index in [4.69, 9.17) is 1.37 Å². The van der Waals surface area contributed by atoms with Crippen LogP contribution in [-0.4, -0.2) is 0 Å². The van der Waals surface area contributed by atoms with Crippen LogP contribution in [0.2, 0.25) is 0 Å². The fraction of sp³-hybridized carbons (Fsp3) is 0.967.